The third-order valence-corrected chi connectivity index (χ3v) is 5.49. The second-order valence-corrected chi connectivity index (χ2v) is 7.82. The number of hydrogen-bond acceptors (Lipinski definition) is 1. The maximum atomic E-state index is 15.2. The summed E-state index contributed by atoms with van der Waals surface area (Å²) < 4.78 is 44.2. The second kappa shape index (κ2) is 10.8. The smallest absolute Gasteiger partial charge is 0.387 e. The molecule has 0 saturated carbocycles. The van der Waals surface area contributed by atoms with Crippen LogP contribution in [-0.4, -0.2) is 6.61 Å². The summed E-state index contributed by atoms with van der Waals surface area (Å²) in [5.74, 6) is 5.99. The average molecular weight is 457 g/mol. The Morgan fingerprint density at radius 1 is 0.853 bits per heavy atom. The number of hydrogen-bond donors (Lipinski definition) is 0. The highest BCUT2D eigenvalue weighted by atomic mass is 19.3. The molecule has 4 aromatic rings. The zero-order valence-electron chi connectivity index (χ0n) is 18.7. The summed E-state index contributed by atoms with van der Waals surface area (Å²) in [7, 11) is 0. The molecule has 0 N–H and O–H groups in total. The first-order valence-corrected chi connectivity index (χ1v) is 11.0. The number of allylic oxidation sites excluding steroid dienone is 2. The van der Waals surface area contributed by atoms with Gasteiger partial charge in [0.2, 0.25) is 0 Å². The van der Waals surface area contributed by atoms with Crippen molar-refractivity contribution in [3.8, 4) is 28.7 Å². The van der Waals surface area contributed by atoms with Gasteiger partial charge in [-0.2, -0.15) is 8.78 Å². The molecule has 0 aliphatic heterocycles. The average Bonchev–Trinajstić information content (AvgIpc) is 2.84. The van der Waals surface area contributed by atoms with Crippen LogP contribution in [0, 0.1) is 17.7 Å². The first kappa shape index (κ1) is 23.2. The fourth-order valence-electron chi connectivity index (χ4n) is 3.72. The molecule has 34 heavy (non-hydrogen) atoms. The van der Waals surface area contributed by atoms with Crippen molar-refractivity contribution in [1.29, 1.82) is 0 Å². The van der Waals surface area contributed by atoms with Gasteiger partial charge in [0.15, 0.2) is 0 Å². The maximum absolute atomic E-state index is 15.2. The molecule has 0 bridgehead atoms. The normalized spacial score (nSPS) is 11.1. The van der Waals surface area contributed by atoms with Gasteiger partial charge in [0.05, 0.1) is 0 Å². The quantitative estimate of drug-likeness (QED) is 0.210. The van der Waals surface area contributed by atoms with E-state index in [9.17, 15) is 8.78 Å². The van der Waals surface area contributed by atoms with Crippen LogP contribution < -0.4 is 4.74 Å². The molecule has 0 fully saturated rings. The van der Waals surface area contributed by atoms with E-state index in [0.29, 0.717) is 16.5 Å². The van der Waals surface area contributed by atoms with Gasteiger partial charge >= 0.3 is 6.61 Å². The zero-order valence-corrected chi connectivity index (χ0v) is 18.7. The number of alkyl halides is 2. The largest absolute Gasteiger partial charge is 0.435 e. The van der Waals surface area contributed by atoms with E-state index in [1.54, 1.807) is 30.3 Å². The van der Waals surface area contributed by atoms with E-state index in [1.165, 1.54) is 17.7 Å². The van der Waals surface area contributed by atoms with Crippen LogP contribution in [0.5, 0.6) is 5.75 Å². The Hall–Kier alpha value is -3.97. The molecular formula is C30H23F3O. The molecule has 0 spiro atoms. The highest BCUT2D eigenvalue weighted by Crippen LogP contribution is 2.30. The summed E-state index contributed by atoms with van der Waals surface area (Å²) in [5.41, 5.74) is 3.97. The van der Waals surface area contributed by atoms with Gasteiger partial charge in [-0.15, -0.1) is 0 Å². The lowest BCUT2D eigenvalue weighted by atomic mass is 9.99. The standard InChI is InChI=1S/C30H23F3O/c1-2-3-4-5-21-6-8-22(9-7-21)10-11-23-12-18-28-25(20-23)15-19-27(29(28)31)24-13-16-26(17-14-24)34-30(32)33/h2-3,6-9,12-20,30H,4-5H2,1H3/b3-2+. The monoisotopic (exact) mass is 456 g/mol. The Balaban J connectivity index is 1.53. The molecule has 0 heterocycles. The molecule has 0 aromatic heterocycles. The van der Waals surface area contributed by atoms with Crippen molar-refractivity contribution < 1.29 is 17.9 Å². The van der Waals surface area contributed by atoms with Crippen molar-refractivity contribution in [2.45, 2.75) is 26.4 Å². The highest BCUT2D eigenvalue weighted by molar-refractivity contribution is 5.89. The number of benzene rings is 4. The van der Waals surface area contributed by atoms with Gasteiger partial charge < -0.3 is 4.74 Å². The molecule has 0 aliphatic carbocycles. The predicted molar refractivity (Wildman–Crippen MR) is 132 cm³/mol. The molecule has 0 saturated heterocycles. The van der Waals surface area contributed by atoms with Crippen LogP contribution >= 0.6 is 0 Å². The molecule has 0 amide bonds. The molecule has 170 valence electrons. The maximum Gasteiger partial charge on any atom is 0.387 e. The van der Waals surface area contributed by atoms with Crippen LogP contribution in [0.4, 0.5) is 13.2 Å². The summed E-state index contributed by atoms with van der Waals surface area (Å²) in [6.07, 6.45) is 6.24. The minimum Gasteiger partial charge on any atom is -0.435 e. The predicted octanol–water partition coefficient (Wildman–Crippen LogP) is 8.16. The summed E-state index contributed by atoms with van der Waals surface area (Å²) in [6.45, 7) is -0.873. The Kier molecular flexibility index (Phi) is 7.34. The number of rotatable bonds is 6. The Morgan fingerprint density at radius 2 is 1.56 bits per heavy atom. The van der Waals surface area contributed by atoms with Gasteiger partial charge in [-0.3, -0.25) is 0 Å². The van der Waals surface area contributed by atoms with Gasteiger partial charge in [0, 0.05) is 22.1 Å². The lowest BCUT2D eigenvalue weighted by molar-refractivity contribution is -0.0498. The minimum absolute atomic E-state index is 0.0338. The van der Waals surface area contributed by atoms with Crippen molar-refractivity contribution in [2.24, 2.45) is 0 Å². The van der Waals surface area contributed by atoms with Gasteiger partial charge in [0.1, 0.15) is 11.6 Å². The Labute approximate surface area is 197 Å². The van der Waals surface area contributed by atoms with Crippen LogP contribution in [0.15, 0.2) is 91.0 Å². The summed E-state index contributed by atoms with van der Waals surface area (Å²) >= 11 is 0. The van der Waals surface area contributed by atoms with E-state index < -0.39 is 6.61 Å². The minimum atomic E-state index is -2.90. The van der Waals surface area contributed by atoms with E-state index in [1.807, 2.05) is 31.2 Å². The fraction of sp³-hybridized carbons (Fsp3) is 0.133. The Bertz CT molecular complexity index is 1360. The SMILES string of the molecule is C/C=C/CCc1ccc(C#Cc2ccc3c(F)c(-c4ccc(OC(F)F)cc4)ccc3c2)cc1. The number of aryl methyl sites for hydroxylation is 1. The van der Waals surface area contributed by atoms with Crippen molar-refractivity contribution in [3.05, 3.63) is 114 Å². The van der Waals surface area contributed by atoms with Crippen LogP contribution in [0.25, 0.3) is 21.9 Å². The third kappa shape index (κ3) is 5.68. The molecule has 4 aromatic carbocycles. The van der Waals surface area contributed by atoms with Crippen LogP contribution in [0.2, 0.25) is 0 Å². The topological polar surface area (TPSA) is 9.23 Å². The Morgan fingerprint density at radius 3 is 2.26 bits per heavy atom. The summed E-state index contributed by atoms with van der Waals surface area (Å²) in [5, 5.41) is 1.21. The van der Waals surface area contributed by atoms with Crippen LogP contribution in [0.1, 0.15) is 30.0 Å². The lowest BCUT2D eigenvalue weighted by Crippen LogP contribution is -2.01. The van der Waals surface area contributed by atoms with Crippen LogP contribution in [-0.2, 0) is 6.42 Å². The third-order valence-electron chi connectivity index (χ3n) is 5.49. The van der Waals surface area contributed by atoms with Gasteiger partial charge in [-0.25, -0.2) is 4.39 Å². The van der Waals surface area contributed by atoms with Crippen molar-refractivity contribution in [2.75, 3.05) is 0 Å². The molecule has 0 aliphatic rings. The fourth-order valence-corrected chi connectivity index (χ4v) is 3.72. The first-order valence-electron chi connectivity index (χ1n) is 11.0. The van der Waals surface area contributed by atoms with Crippen LogP contribution in [0.3, 0.4) is 0 Å². The van der Waals surface area contributed by atoms with Crippen molar-refractivity contribution >= 4 is 10.8 Å². The lowest BCUT2D eigenvalue weighted by Gasteiger charge is -2.09. The first-order chi connectivity index (χ1) is 16.5. The van der Waals surface area contributed by atoms with E-state index in [0.717, 1.165) is 29.4 Å². The van der Waals surface area contributed by atoms with E-state index in [4.69, 9.17) is 0 Å². The van der Waals surface area contributed by atoms with Crippen molar-refractivity contribution in [1.82, 2.24) is 0 Å². The molecule has 1 nitrogen and oxygen atoms in total. The number of fused-ring (bicyclic) bond motifs is 1. The molecule has 4 heteroatoms. The summed E-state index contributed by atoms with van der Waals surface area (Å²) in [6, 6.07) is 23.0. The molecule has 0 unspecified atom stereocenters. The van der Waals surface area contributed by atoms with Gasteiger partial charge in [0.25, 0.3) is 0 Å². The molecular weight excluding hydrogens is 433 g/mol. The summed E-state index contributed by atoms with van der Waals surface area (Å²) in [4.78, 5) is 0. The van der Waals surface area contributed by atoms with E-state index >= 15 is 4.39 Å². The highest BCUT2D eigenvalue weighted by Gasteiger charge is 2.11. The van der Waals surface area contributed by atoms with E-state index in [-0.39, 0.29) is 11.6 Å². The number of halogens is 3. The molecule has 0 radical (unpaired) electrons. The van der Waals surface area contributed by atoms with Crippen molar-refractivity contribution in [3.63, 3.8) is 0 Å². The van der Waals surface area contributed by atoms with E-state index in [2.05, 4.69) is 40.9 Å². The zero-order chi connectivity index (χ0) is 23.9. The number of ether oxygens (including phenoxy) is 1. The molecule has 0 atom stereocenters. The van der Waals surface area contributed by atoms with Gasteiger partial charge in [-0.1, -0.05) is 66.5 Å². The second-order valence-electron chi connectivity index (χ2n) is 7.82. The van der Waals surface area contributed by atoms with Gasteiger partial charge in [-0.05, 0) is 72.7 Å². The molecule has 4 rings (SSSR count).